The van der Waals surface area contributed by atoms with Crippen LogP contribution in [-0.2, 0) is 6.61 Å². The first kappa shape index (κ1) is 23.6. The van der Waals surface area contributed by atoms with Gasteiger partial charge < -0.3 is 30.4 Å². The predicted octanol–water partition coefficient (Wildman–Crippen LogP) is 2.13. The molecule has 1 atom stereocenters. The van der Waals surface area contributed by atoms with E-state index in [0.717, 1.165) is 19.3 Å². The van der Waals surface area contributed by atoms with Crippen molar-refractivity contribution >= 4 is 25.1 Å². The van der Waals surface area contributed by atoms with Crippen LogP contribution >= 0.6 is 13.5 Å². The molecule has 0 spiro atoms. The lowest BCUT2D eigenvalue weighted by Crippen LogP contribution is -2.25. The van der Waals surface area contributed by atoms with Crippen LogP contribution in [0.15, 0.2) is 18.5 Å². The lowest BCUT2D eigenvalue weighted by atomic mass is 10.1. The number of hydrogen-bond donors (Lipinski definition) is 3. The molecular formula is C18H29N5O4S. The lowest BCUT2D eigenvalue weighted by molar-refractivity contribution is 0.262. The maximum absolute atomic E-state index is 9.58. The number of aromatic nitrogens is 3. The van der Waals surface area contributed by atoms with Gasteiger partial charge in [0.05, 0.1) is 33.1 Å². The number of hydrogen-bond acceptors (Lipinski definition) is 9. The molecule has 2 aromatic rings. The van der Waals surface area contributed by atoms with E-state index in [1.165, 1.54) is 6.20 Å². The first-order valence-corrected chi connectivity index (χ1v) is 8.81. The summed E-state index contributed by atoms with van der Waals surface area (Å²) >= 11 is 0. The fraction of sp³-hybridized carbons (Fsp3) is 0.500. The average molecular weight is 412 g/mol. The molecular weight excluding hydrogens is 382 g/mol. The minimum absolute atomic E-state index is 0. The predicted molar refractivity (Wildman–Crippen MR) is 113 cm³/mol. The lowest BCUT2D eigenvalue weighted by Gasteiger charge is -2.19. The van der Waals surface area contributed by atoms with Crippen molar-refractivity contribution in [1.82, 2.24) is 15.0 Å². The number of aliphatic hydroxyl groups is 1. The van der Waals surface area contributed by atoms with E-state index in [1.807, 2.05) is 0 Å². The van der Waals surface area contributed by atoms with Crippen LogP contribution in [0.5, 0.6) is 17.4 Å². The molecule has 0 unspecified atom stereocenters. The largest absolute Gasteiger partial charge is 0.493 e. The second-order valence-corrected chi connectivity index (χ2v) is 5.90. The zero-order valence-corrected chi connectivity index (χ0v) is 17.4. The molecule has 2 rings (SSSR count). The van der Waals surface area contributed by atoms with Crippen molar-refractivity contribution < 1.29 is 19.3 Å². The van der Waals surface area contributed by atoms with Crippen LogP contribution in [0.1, 0.15) is 31.9 Å². The topological polar surface area (TPSA) is 125 Å². The molecule has 0 aromatic carbocycles. The Morgan fingerprint density at radius 3 is 2.68 bits per heavy atom. The van der Waals surface area contributed by atoms with Gasteiger partial charge >= 0.3 is 0 Å². The summed E-state index contributed by atoms with van der Waals surface area (Å²) in [6, 6.07) is 1.55. The van der Waals surface area contributed by atoms with Gasteiger partial charge in [0.2, 0.25) is 0 Å². The number of nitrogens with two attached hydrogens (primary N) is 1. The first-order chi connectivity index (χ1) is 13.1. The van der Waals surface area contributed by atoms with Gasteiger partial charge in [0.15, 0.2) is 17.3 Å². The molecule has 0 radical (unpaired) electrons. The van der Waals surface area contributed by atoms with Crippen molar-refractivity contribution in [2.24, 2.45) is 0 Å². The van der Waals surface area contributed by atoms with Gasteiger partial charge in [0.1, 0.15) is 18.1 Å². The molecule has 0 fully saturated rings. The van der Waals surface area contributed by atoms with Crippen LogP contribution in [-0.4, -0.2) is 46.9 Å². The summed E-state index contributed by atoms with van der Waals surface area (Å²) in [6.07, 6.45) is 5.84. The highest BCUT2D eigenvalue weighted by molar-refractivity contribution is 7.59. The number of nitrogen functional groups attached to an aromatic ring is 1. The molecule has 2 aromatic heterocycles. The summed E-state index contributed by atoms with van der Waals surface area (Å²) in [6.45, 7) is 2.17. The number of pyridine rings is 1. The second kappa shape index (κ2) is 12.1. The summed E-state index contributed by atoms with van der Waals surface area (Å²) in [7, 11) is 3.10. The third-order valence-electron chi connectivity index (χ3n) is 3.94. The number of rotatable bonds is 11. The van der Waals surface area contributed by atoms with Gasteiger partial charge in [-0.2, -0.15) is 13.5 Å². The normalized spacial score (nSPS) is 11.3. The zero-order valence-electron chi connectivity index (χ0n) is 16.4. The van der Waals surface area contributed by atoms with Crippen LogP contribution in [0.25, 0.3) is 0 Å². The van der Waals surface area contributed by atoms with E-state index in [0.29, 0.717) is 23.0 Å². The van der Waals surface area contributed by atoms with Crippen LogP contribution in [0.2, 0.25) is 0 Å². The fourth-order valence-electron chi connectivity index (χ4n) is 2.53. The Hall–Kier alpha value is -2.46. The minimum Gasteiger partial charge on any atom is -0.493 e. The molecule has 0 saturated carbocycles. The number of anilines is 2. The summed E-state index contributed by atoms with van der Waals surface area (Å²) in [5.41, 5.74) is 6.32. The number of aliphatic hydroxyl groups excluding tert-OH is 1. The summed E-state index contributed by atoms with van der Waals surface area (Å²) < 4.78 is 16.4. The number of nitrogens with one attached hydrogen (secondary N) is 1. The van der Waals surface area contributed by atoms with Crippen LogP contribution in [0, 0.1) is 0 Å². The van der Waals surface area contributed by atoms with E-state index in [9.17, 15) is 5.11 Å². The Labute approximate surface area is 172 Å². The quantitative estimate of drug-likeness (QED) is 0.510. The maximum Gasteiger partial charge on any atom is 0.257 e. The Kier molecular flexibility index (Phi) is 10.2. The second-order valence-electron chi connectivity index (χ2n) is 5.90. The minimum atomic E-state index is -0.159. The number of methoxy groups -OCH3 is 2. The van der Waals surface area contributed by atoms with Crippen molar-refractivity contribution in [1.29, 1.82) is 0 Å². The molecule has 10 heteroatoms. The maximum atomic E-state index is 9.58. The van der Waals surface area contributed by atoms with Gasteiger partial charge in [-0.3, -0.25) is 4.98 Å². The molecule has 4 N–H and O–H groups in total. The molecule has 0 amide bonds. The third kappa shape index (κ3) is 6.31. The molecule has 28 heavy (non-hydrogen) atoms. The zero-order chi connectivity index (χ0) is 19.6. The van der Waals surface area contributed by atoms with E-state index in [1.54, 1.807) is 26.5 Å². The number of unbranched alkanes of at least 4 members (excludes halogenated alkanes) is 1. The molecule has 0 bridgehead atoms. The monoisotopic (exact) mass is 411 g/mol. The van der Waals surface area contributed by atoms with Crippen molar-refractivity contribution in [3.63, 3.8) is 0 Å². The van der Waals surface area contributed by atoms with Crippen LogP contribution in [0.3, 0.4) is 0 Å². The Morgan fingerprint density at radius 1 is 1.25 bits per heavy atom. The van der Waals surface area contributed by atoms with Crippen LogP contribution < -0.4 is 25.3 Å². The van der Waals surface area contributed by atoms with Gasteiger partial charge in [-0.25, -0.2) is 9.97 Å². The average Bonchev–Trinajstić information content (AvgIpc) is 2.69. The third-order valence-corrected chi connectivity index (χ3v) is 3.94. The number of ether oxygens (including phenoxy) is 3. The van der Waals surface area contributed by atoms with Gasteiger partial charge in [-0.1, -0.05) is 19.8 Å². The van der Waals surface area contributed by atoms with E-state index >= 15 is 0 Å². The molecule has 9 nitrogen and oxygen atoms in total. The summed E-state index contributed by atoms with van der Waals surface area (Å²) in [5.74, 6) is 1.97. The molecule has 0 aliphatic carbocycles. The highest BCUT2D eigenvalue weighted by Crippen LogP contribution is 2.30. The fourth-order valence-corrected chi connectivity index (χ4v) is 2.53. The smallest absolute Gasteiger partial charge is 0.257 e. The van der Waals surface area contributed by atoms with Gasteiger partial charge in [-0.05, 0) is 6.42 Å². The van der Waals surface area contributed by atoms with Crippen molar-refractivity contribution in [2.45, 2.75) is 38.8 Å². The van der Waals surface area contributed by atoms with Gasteiger partial charge in [-0.15, -0.1) is 0 Å². The van der Waals surface area contributed by atoms with Crippen molar-refractivity contribution in [3.05, 3.63) is 24.2 Å². The van der Waals surface area contributed by atoms with E-state index in [2.05, 4.69) is 27.2 Å². The Balaban J connectivity index is 0.00000392. The van der Waals surface area contributed by atoms with Crippen molar-refractivity contribution in [3.8, 4) is 17.4 Å². The SMILES string of the molecule is CCCC[C@@H](CO)Nc1nc(N)cnc1OCc1nccc(OC)c1OC.S. The van der Waals surface area contributed by atoms with Gasteiger partial charge in [0.25, 0.3) is 5.88 Å². The molecule has 0 saturated heterocycles. The molecule has 0 aliphatic heterocycles. The number of nitrogens with zero attached hydrogens (tertiary/aromatic N) is 3. The van der Waals surface area contributed by atoms with E-state index < -0.39 is 0 Å². The highest BCUT2D eigenvalue weighted by Gasteiger charge is 2.16. The highest BCUT2D eigenvalue weighted by atomic mass is 32.1. The van der Waals surface area contributed by atoms with Crippen LogP contribution in [0.4, 0.5) is 11.6 Å². The standard InChI is InChI=1S/C18H27N5O4.H2S/c1-4-5-6-12(10-24)22-17-18(21-9-15(19)23-17)27-11-13-16(26-3)14(25-2)7-8-20-13;/h7-9,12,24H,4-6,10-11H2,1-3H3,(H3,19,22,23);1H2/t12-;/m0./s1. The Morgan fingerprint density at radius 2 is 2.04 bits per heavy atom. The van der Waals surface area contributed by atoms with E-state index in [-0.39, 0.29) is 44.4 Å². The van der Waals surface area contributed by atoms with E-state index in [4.69, 9.17) is 19.9 Å². The molecule has 2 heterocycles. The Bertz CT molecular complexity index is 735. The first-order valence-electron chi connectivity index (χ1n) is 8.81. The molecule has 156 valence electrons. The van der Waals surface area contributed by atoms with Gasteiger partial charge in [0, 0.05) is 12.3 Å². The summed E-state index contributed by atoms with van der Waals surface area (Å²) in [5, 5.41) is 12.7. The van der Waals surface area contributed by atoms with Crippen molar-refractivity contribution in [2.75, 3.05) is 31.9 Å². The summed E-state index contributed by atoms with van der Waals surface area (Å²) in [4.78, 5) is 12.7. The molecule has 0 aliphatic rings.